The van der Waals surface area contributed by atoms with Crippen LogP contribution in [0.4, 0.5) is 4.39 Å². The van der Waals surface area contributed by atoms with E-state index in [2.05, 4.69) is 21.0 Å². The van der Waals surface area contributed by atoms with Gasteiger partial charge in [0.1, 0.15) is 5.82 Å². The molecule has 0 aliphatic heterocycles. The molecule has 7 heteroatoms. The second-order valence-corrected chi connectivity index (χ2v) is 7.38. The molecule has 0 aliphatic carbocycles. The molecule has 0 fully saturated rings. The molecule has 0 N–H and O–H groups in total. The Kier molecular flexibility index (Phi) is 4.83. The maximum absolute atomic E-state index is 13.2. The van der Waals surface area contributed by atoms with E-state index in [-0.39, 0.29) is 10.6 Å². The van der Waals surface area contributed by atoms with Gasteiger partial charge < -0.3 is 0 Å². The van der Waals surface area contributed by atoms with Crippen LogP contribution in [-0.2, 0) is 28.6 Å². The molecular weight excluding hydrogens is 359 g/mol. The fourth-order valence-corrected chi connectivity index (χ4v) is 4.37. The van der Waals surface area contributed by atoms with E-state index in [9.17, 15) is 12.8 Å². The number of hydrogen-bond donors (Lipinski definition) is 0. The fraction of sp³-hybridized carbons (Fsp3) is 0.357. The summed E-state index contributed by atoms with van der Waals surface area (Å²) in [5, 5.41) is 4.37. The van der Waals surface area contributed by atoms with Crippen molar-refractivity contribution >= 4 is 25.8 Å². The minimum atomic E-state index is -3.62. The molecule has 1 aromatic heterocycles. The molecule has 114 valence electrons. The van der Waals surface area contributed by atoms with Crippen molar-refractivity contribution in [3.05, 3.63) is 45.9 Å². The molecule has 0 saturated heterocycles. The van der Waals surface area contributed by atoms with Gasteiger partial charge in [0.2, 0.25) is 0 Å². The van der Waals surface area contributed by atoms with Gasteiger partial charge >= 0.3 is 0 Å². The SMILES string of the molecule is CCc1nn(CC)c(CS(=O)(=O)c2cccc(F)c2)c1Br. The first-order chi connectivity index (χ1) is 9.89. The predicted octanol–water partition coefficient (Wildman–Crippen LogP) is 3.34. The highest BCUT2D eigenvalue weighted by molar-refractivity contribution is 9.10. The van der Waals surface area contributed by atoms with Gasteiger partial charge in [-0.3, -0.25) is 4.68 Å². The Morgan fingerprint density at radius 3 is 2.62 bits per heavy atom. The van der Waals surface area contributed by atoms with Crippen LogP contribution in [0.3, 0.4) is 0 Å². The Labute approximate surface area is 132 Å². The Hall–Kier alpha value is -1.21. The zero-order valence-electron chi connectivity index (χ0n) is 11.8. The number of aryl methyl sites for hydroxylation is 2. The molecule has 0 aliphatic rings. The van der Waals surface area contributed by atoms with E-state index in [1.54, 1.807) is 4.68 Å². The summed E-state index contributed by atoms with van der Waals surface area (Å²) in [7, 11) is -3.62. The quantitative estimate of drug-likeness (QED) is 0.806. The van der Waals surface area contributed by atoms with Crippen LogP contribution in [0, 0.1) is 5.82 Å². The van der Waals surface area contributed by atoms with E-state index in [0.717, 1.165) is 11.8 Å². The predicted molar refractivity (Wildman–Crippen MR) is 82.3 cm³/mol. The molecule has 1 heterocycles. The Bertz CT molecular complexity index is 756. The molecule has 2 rings (SSSR count). The monoisotopic (exact) mass is 374 g/mol. The van der Waals surface area contributed by atoms with Crippen molar-refractivity contribution in [2.75, 3.05) is 0 Å². The lowest BCUT2D eigenvalue weighted by Gasteiger charge is -2.07. The van der Waals surface area contributed by atoms with E-state index >= 15 is 0 Å². The van der Waals surface area contributed by atoms with E-state index in [1.807, 2.05) is 13.8 Å². The Morgan fingerprint density at radius 1 is 1.33 bits per heavy atom. The molecule has 0 unspecified atom stereocenters. The number of sulfone groups is 1. The standard InChI is InChI=1S/C14H16BrFN2O2S/c1-3-12-14(15)13(18(4-2)17-12)9-21(19,20)11-7-5-6-10(16)8-11/h5-8H,3-4,9H2,1-2H3. The molecule has 1 aromatic carbocycles. The third-order valence-electron chi connectivity index (χ3n) is 3.18. The van der Waals surface area contributed by atoms with E-state index in [4.69, 9.17) is 0 Å². The second kappa shape index (κ2) is 6.27. The lowest BCUT2D eigenvalue weighted by molar-refractivity contribution is 0.581. The fourth-order valence-electron chi connectivity index (χ4n) is 2.08. The van der Waals surface area contributed by atoms with Crippen molar-refractivity contribution in [3.8, 4) is 0 Å². The summed E-state index contributed by atoms with van der Waals surface area (Å²) in [6.07, 6.45) is 0.709. The lowest BCUT2D eigenvalue weighted by atomic mass is 10.3. The molecule has 0 bridgehead atoms. The van der Waals surface area contributed by atoms with Gasteiger partial charge in [0.25, 0.3) is 0 Å². The van der Waals surface area contributed by atoms with Gasteiger partial charge in [-0.05, 0) is 47.5 Å². The van der Waals surface area contributed by atoms with Gasteiger partial charge in [0.05, 0.1) is 26.5 Å². The van der Waals surface area contributed by atoms with Gasteiger partial charge in [-0.1, -0.05) is 13.0 Å². The third kappa shape index (κ3) is 3.35. The van der Waals surface area contributed by atoms with Gasteiger partial charge in [0.15, 0.2) is 9.84 Å². The summed E-state index contributed by atoms with van der Waals surface area (Å²) in [5.74, 6) is -0.772. The van der Waals surface area contributed by atoms with Crippen molar-refractivity contribution in [2.24, 2.45) is 0 Å². The summed E-state index contributed by atoms with van der Waals surface area (Å²) < 4.78 is 40.5. The van der Waals surface area contributed by atoms with Crippen LogP contribution < -0.4 is 0 Å². The van der Waals surface area contributed by atoms with Crippen LogP contribution in [0.5, 0.6) is 0 Å². The second-order valence-electron chi connectivity index (χ2n) is 4.59. The molecule has 0 spiro atoms. The first kappa shape index (κ1) is 16.2. The van der Waals surface area contributed by atoms with Crippen LogP contribution in [0.25, 0.3) is 0 Å². The molecule has 4 nitrogen and oxygen atoms in total. The number of hydrogen-bond acceptors (Lipinski definition) is 3. The molecule has 0 saturated carbocycles. The van der Waals surface area contributed by atoms with E-state index < -0.39 is 15.7 Å². The van der Waals surface area contributed by atoms with Gasteiger partial charge in [-0.2, -0.15) is 5.10 Å². The number of halogens is 2. The number of nitrogens with zero attached hydrogens (tertiary/aromatic N) is 2. The minimum Gasteiger partial charge on any atom is -0.267 e. The summed E-state index contributed by atoms with van der Waals surface area (Å²) >= 11 is 3.42. The van der Waals surface area contributed by atoms with Crippen LogP contribution >= 0.6 is 15.9 Å². The largest absolute Gasteiger partial charge is 0.267 e. The maximum Gasteiger partial charge on any atom is 0.184 e. The zero-order chi connectivity index (χ0) is 15.6. The van der Waals surface area contributed by atoms with Crippen molar-refractivity contribution in [1.82, 2.24) is 9.78 Å². The van der Waals surface area contributed by atoms with Gasteiger partial charge in [-0.25, -0.2) is 12.8 Å². The molecular formula is C14H16BrFN2O2S. The summed E-state index contributed by atoms with van der Waals surface area (Å²) in [5.41, 5.74) is 1.42. The van der Waals surface area contributed by atoms with E-state index in [1.165, 1.54) is 18.2 Å². The van der Waals surface area contributed by atoms with Crippen LogP contribution in [0.1, 0.15) is 25.2 Å². The summed E-state index contributed by atoms with van der Waals surface area (Å²) in [4.78, 5) is -0.0173. The smallest absolute Gasteiger partial charge is 0.184 e. The first-order valence-corrected chi connectivity index (χ1v) is 9.06. The number of benzene rings is 1. The first-order valence-electron chi connectivity index (χ1n) is 6.61. The van der Waals surface area contributed by atoms with Crippen LogP contribution in [0.2, 0.25) is 0 Å². The zero-order valence-corrected chi connectivity index (χ0v) is 14.2. The molecule has 0 atom stereocenters. The van der Waals surface area contributed by atoms with Crippen molar-refractivity contribution in [1.29, 1.82) is 0 Å². The average Bonchev–Trinajstić information content (AvgIpc) is 2.75. The lowest BCUT2D eigenvalue weighted by Crippen LogP contribution is -2.11. The highest BCUT2D eigenvalue weighted by atomic mass is 79.9. The molecule has 0 radical (unpaired) electrons. The van der Waals surface area contributed by atoms with E-state index in [0.29, 0.717) is 23.1 Å². The maximum atomic E-state index is 13.2. The van der Waals surface area contributed by atoms with Crippen LogP contribution in [-0.4, -0.2) is 18.2 Å². The molecule has 0 amide bonds. The van der Waals surface area contributed by atoms with Gasteiger partial charge in [0, 0.05) is 6.54 Å². The normalized spacial score (nSPS) is 11.8. The summed E-state index contributed by atoms with van der Waals surface area (Å²) in [6.45, 7) is 4.43. The van der Waals surface area contributed by atoms with Gasteiger partial charge in [-0.15, -0.1) is 0 Å². The number of rotatable bonds is 5. The minimum absolute atomic E-state index is 0.0173. The Morgan fingerprint density at radius 2 is 2.05 bits per heavy atom. The highest BCUT2D eigenvalue weighted by Crippen LogP contribution is 2.26. The van der Waals surface area contributed by atoms with Crippen molar-refractivity contribution in [2.45, 2.75) is 37.5 Å². The average molecular weight is 375 g/mol. The topological polar surface area (TPSA) is 52.0 Å². The van der Waals surface area contributed by atoms with Crippen LogP contribution in [0.15, 0.2) is 33.6 Å². The number of aromatic nitrogens is 2. The van der Waals surface area contributed by atoms with Crippen molar-refractivity contribution < 1.29 is 12.8 Å². The molecule has 21 heavy (non-hydrogen) atoms. The Balaban J connectivity index is 2.44. The highest BCUT2D eigenvalue weighted by Gasteiger charge is 2.22. The molecule has 2 aromatic rings. The summed E-state index contributed by atoms with van der Waals surface area (Å²) in [6, 6.07) is 5.06. The third-order valence-corrected chi connectivity index (χ3v) is 5.72. The van der Waals surface area contributed by atoms with Crippen molar-refractivity contribution in [3.63, 3.8) is 0 Å².